The van der Waals surface area contributed by atoms with Gasteiger partial charge in [-0.05, 0) is 13.0 Å². The van der Waals surface area contributed by atoms with Crippen molar-refractivity contribution in [3.63, 3.8) is 0 Å². The van der Waals surface area contributed by atoms with E-state index < -0.39 is 17.0 Å². The molecule has 0 radical (unpaired) electrons. The first-order chi connectivity index (χ1) is 10.1. The summed E-state index contributed by atoms with van der Waals surface area (Å²) < 4.78 is 5.11. The Morgan fingerprint density at radius 3 is 2.27 bits per heavy atom. The molecule has 1 aromatic carbocycles. The Balaban J connectivity index is 3.12. The zero-order valence-corrected chi connectivity index (χ0v) is 13.2. The Labute approximate surface area is 128 Å². The van der Waals surface area contributed by atoms with Gasteiger partial charge >= 0.3 is 5.97 Å². The van der Waals surface area contributed by atoms with Gasteiger partial charge in [-0.25, -0.2) is 4.79 Å². The standard InChI is InChI=1S/C14H19N3O5/c1-9(13(18)16(4)5)22-14(19)11-8-10(17(20)21)6-7-12(11)15(2)3/h6-9H,1-5H3/t9-/m0/s1. The first-order valence-electron chi connectivity index (χ1n) is 6.53. The SMILES string of the molecule is C[C@H](OC(=O)c1cc([N+](=O)[O-])ccc1N(C)C)C(=O)N(C)C. The first kappa shape index (κ1) is 17.4. The number of carbonyl (C=O) groups is 2. The number of esters is 1. The van der Waals surface area contributed by atoms with Crippen molar-refractivity contribution in [1.29, 1.82) is 0 Å². The molecule has 1 atom stereocenters. The van der Waals surface area contributed by atoms with Crippen molar-refractivity contribution >= 4 is 23.3 Å². The molecule has 22 heavy (non-hydrogen) atoms. The molecule has 1 amide bonds. The van der Waals surface area contributed by atoms with Crippen LogP contribution in [0.4, 0.5) is 11.4 Å². The quantitative estimate of drug-likeness (QED) is 0.462. The maximum Gasteiger partial charge on any atom is 0.341 e. The number of hydrogen-bond donors (Lipinski definition) is 0. The maximum absolute atomic E-state index is 12.2. The lowest BCUT2D eigenvalue weighted by atomic mass is 10.1. The van der Waals surface area contributed by atoms with Crippen LogP contribution in [0.2, 0.25) is 0 Å². The number of likely N-dealkylation sites (N-methyl/N-ethyl adjacent to an activating group) is 1. The summed E-state index contributed by atoms with van der Waals surface area (Å²) in [7, 11) is 6.50. The zero-order valence-electron chi connectivity index (χ0n) is 13.2. The van der Waals surface area contributed by atoms with E-state index in [2.05, 4.69) is 0 Å². The molecule has 0 N–H and O–H groups in total. The second-order valence-corrected chi connectivity index (χ2v) is 5.13. The summed E-state index contributed by atoms with van der Waals surface area (Å²) >= 11 is 0. The van der Waals surface area contributed by atoms with E-state index >= 15 is 0 Å². The predicted molar refractivity (Wildman–Crippen MR) is 81.0 cm³/mol. The Morgan fingerprint density at radius 2 is 1.82 bits per heavy atom. The largest absolute Gasteiger partial charge is 0.449 e. The van der Waals surface area contributed by atoms with Crippen LogP contribution in [-0.2, 0) is 9.53 Å². The van der Waals surface area contributed by atoms with Gasteiger partial charge in [-0.3, -0.25) is 14.9 Å². The van der Waals surface area contributed by atoms with E-state index in [0.29, 0.717) is 5.69 Å². The summed E-state index contributed by atoms with van der Waals surface area (Å²) in [6.45, 7) is 1.45. The highest BCUT2D eigenvalue weighted by atomic mass is 16.6. The molecule has 1 aromatic rings. The van der Waals surface area contributed by atoms with E-state index in [-0.39, 0.29) is 17.2 Å². The van der Waals surface area contributed by atoms with Gasteiger partial charge in [0.2, 0.25) is 0 Å². The van der Waals surface area contributed by atoms with Gasteiger partial charge < -0.3 is 14.5 Å². The van der Waals surface area contributed by atoms with Gasteiger partial charge in [-0.15, -0.1) is 0 Å². The van der Waals surface area contributed by atoms with Gasteiger partial charge in [-0.1, -0.05) is 0 Å². The highest BCUT2D eigenvalue weighted by Crippen LogP contribution is 2.25. The molecule has 0 aromatic heterocycles. The Bertz CT molecular complexity index is 598. The molecule has 0 saturated carbocycles. The predicted octanol–water partition coefficient (Wildman–Crippen LogP) is 1.29. The summed E-state index contributed by atoms with van der Waals surface area (Å²) in [6, 6.07) is 3.91. The molecule has 0 unspecified atom stereocenters. The van der Waals surface area contributed by atoms with Gasteiger partial charge in [0.15, 0.2) is 6.10 Å². The number of ether oxygens (including phenoxy) is 1. The smallest absolute Gasteiger partial charge is 0.341 e. The van der Waals surface area contributed by atoms with Crippen molar-refractivity contribution in [3.8, 4) is 0 Å². The van der Waals surface area contributed by atoms with Crippen LogP contribution in [0.5, 0.6) is 0 Å². The number of nitro groups is 1. The van der Waals surface area contributed by atoms with Gasteiger partial charge in [0.25, 0.3) is 11.6 Å². The minimum absolute atomic E-state index is 0.0395. The molecule has 0 fully saturated rings. The van der Waals surface area contributed by atoms with E-state index in [1.54, 1.807) is 33.1 Å². The normalized spacial score (nSPS) is 11.5. The number of nitro benzene ring substituents is 1. The molecule has 0 heterocycles. The number of rotatable bonds is 5. The van der Waals surface area contributed by atoms with Gasteiger partial charge in [0.1, 0.15) is 0 Å². The minimum atomic E-state index is -0.975. The molecule has 8 heteroatoms. The third kappa shape index (κ3) is 3.94. The van der Waals surface area contributed by atoms with E-state index in [1.165, 1.54) is 24.0 Å². The lowest BCUT2D eigenvalue weighted by Crippen LogP contribution is -2.35. The number of nitrogens with zero attached hydrogens (tertiary/aromatic N) is 3. The molecule has 0 saturated heterocycles. The molecular formula is C14H19N3O5. The van der Waals surface area contributed by atoms with Gasteiger partial charge in [0.05, 0.1) is 16.2 Å². The summed E-state index contributed by atoms with van der Waals surface area (Å²) in [5, 5.41) is 10.9. The van der Waals surface area contributed by atoms with Gasteiger partial charge in [-0.2, -0.15) is 0 Å². The average molecular weight is 309 g/mol. The van der Waals surface area contributed by atoms with E-state index in [0.717, 1.165) is 6.07 Å². The second-order valence-electron chi connectivity index (χ2n) is 5.13. The molecule has 120 valence electrons. The van der Waals surface area contributed by atoms with Crippen LogP contribution in [0.25, 0.3) is 0 Å². The lowest BCUT2D eigenvalue weighted by Gasteiger charge is -2.20. The number of non-ortho nitro benzene ring substituents is 1. The Kier molecular flexibility index (Phi) is 5.44. The minimum Gasteiger partial charge on any atom is -0.449 e. The first-order valence-corrected chi connectivity index (χ1v) is 6.53. The Morgan fingerprint density at radius 1 is 1.23 bits per heavy atom. The molecular weight excluding hydrogens is 290 g/mol. The van der Waals surface area contributed by atoms with Crippen molar-refractivity contribution in [2.45, 2.75) is 13.0 Å². The van der Waals surface area contributed by atoms with Crippen LogP contribution in [0.1, 0.15) is 17.3 Å². The van der Waals surface area contributed by atoms with Crippen molar-refractivity contribution in [2.24, 2.45) is 0 Å². The molecule has 0 bridgehead atoms. The third-order valence-electron chi connectivity index (χ3n) is 2.97. The van der Waals surface area contributed by atoms with E-state index in [1.807, 2.05) is 0 Å². The van der Waals surface area contributed by atoms with Crippen LogP contribution in [-0.4, -0.2) is 56.0 Å². The number of hydrogen-bond acceptors (Lipinski definition) is 6. The van der Waals surface area contributed by atoms with Crippen molar-refractivity contribution in [2.75, 3.05) is 33.1 Å². The van der Waals surface area contributed by atoms with Crippen molar-refractivity contribution in [1.82, 2.24) is 4.90 Å². The Hall–Kier alpha value is -2.64. The monoisotopic (exact) mass is 309 g/mol. The van der Waals surface area contributed by atoms with Crippen LogP contribution in [0, 0.1) is 10.1 Å². The molecule has 8 nitrogen and oxygen atoms in total. The summed E-state index contributed by atoms with van der Waals surface area (Å²) in [6.07, 6.45) is -0.975. The molecule has 1 rings (SSSR count). The van der Waals surface area contributed by atoms with Crippen LogP contribution in [0.15, 0.2) is 18.2 Å². The zero-order chi connectivity index (χ0) is 17.0. The summed E-state index contributed by atoms with van der Waals surface area (Å²) in [5.74, 6) is -1.15. The van der Waals surface area contributed by atoms with Crippen molar-refractivity contribution in [3.05, 3.63) is 33.9 Å². The highest BCUT2D eigenvalue weighted by Gasteiger charge is 2.24. The highest BCUT2D eigenvalue weighted by molar-refractivity contribution is 5.98. The van der Waals surface area contributed by atoms with E-state index in [4.69, 9.17) is 4.74 Å². The fraction of sp³-hybridized carbons (Fsp3) is 0.429. The van der Waals surface area contributed by atoms with Crippen LogP contribution in [0.3, 0.4) is 0 Å². The fourth-order valence-electron chi connectivity index (χ4n) is 1.83. The third-order valence-corrected chi connectivity index (χ3v) is 2.97. The number of benzene rings is 1. The number of anilines is 1. The lowest BCUT2D eigenvalue weighted by molar-refractivity contribution is -0.384. The van der Waals surface area contributed by atoms with Crippen molar-refractivity contribution < 1.29 is 19.2 Å². The average Bonchev–Trinajstić information content (AvgIpc) is 2.45. The number of amides is 1. The maximum atomic E-state index is 12.2. The summed E-state index contributed by atoms with van der Waals surface area (Å²) in [5.41, 5.74) is 0.293. The molecule has 0 aliphatic heterocycles. The van der Waals surface area contributed by atoms with Crippen LogP contribution >= 0.6 is 0 Å². The van der Waals surface area contributed by atoms with Gasteiger partial charge in [0, 0.05) is 40.3 Å². The van der Waals surface area contributed by atoms with E-state index in [9.17, 15) is 19.7 Å². The molecule has 0 aliphatic carbocycles. The van der Waals surface area contributed by atoms with Crippen LogP contribution < -0.4 is 4.90 Å². The fourth-order valence-corrected chi connectivity index (χ4v) is 1.83. The topological polar surface area (TPSA) is 93.0 Å². The number of carbonyl (C=O) groups excluding carboxylic acids is 2. The molecule has 0 aliphatic rings. The summed E-state index contributed by atoms with van der Waals surface area (Å²) in [4.78, 5) is 37.2. The second kappa shape index (κ2) is 6.88. The molecule has 0 spiro atoms.